The molecule has 3 nitrogen and oxygen atoms in total. The Morgan fingerprint density at radius 1 is 1.35 bits per heavy atom. The number of halogens is 1. The summed E-state index contributed by atoms with van der Waals surface area (Å²) in [7, 11) is 2.18. The highest BCUT2D eigenvalue weighted by atomic mass is 127. The molecule has 2 atom stereocenters. The van der Waals surface area contributed by atoms with Crippen LogP contribution in [0.25, 0.3) is 0 Å². The van der Waals surface area contributed by atoms with Gasteiger partial charge in [-0.15, -0.1) is 0 Å². The fourth-order valence-electron chi connectivity index (χ4n) is 4.24. The van der Waals surface area contributed by atoms with Crippen LogP contribution in [0.4, 0.5) is 11.4 Å². The summed E-state index contributed by atoms with van der Waals surface area (Å²) in [5, 5.41) is 3.76. The van der Waals surface area contributed by atoms with Crippen LogP contribution in [0.2, 0.25) is 0 Å². The van der Waals surface area contributed by atoms with Crippen LogP contribution in [0.1, 0.15) is 38.3 Å². The third-order valence-corrected chi connectivity index (χ3v) is 8.00. The van der Waals surface area contributed by atoms with Crippen LogP contribution < -0.4 is 8.43 Å². The van der Waals surface area contributed by atoms with E-state index in [0.717, 1.165) is 13.0 Å². The molecule has 3 aliphatic rings. The number of hydrogen-bond donors (Lipinski definition) is 1. The maximum Gasteiger partial charge on any atom is 0.121 e. The molecule has 0 saturated carbocycles. The van der Waals surface area contributed by atoms with Crippen molar-refractivity contribution in [2.24, 2.45) is 8.56 Å². The van der Waals surface area contributed by atoms with E-state index in [1.807, 2.05) is 0 Å². The molecule has 0 radical (unpaired) electrons. The smallest absolute Gasteiger partial charge is 0.121 e. The number of rotatable bonds is 0. The Kier molecular flexibility index (Phi) is 2.66. The van der Waals surface area contributed by atoms with Crippen LogP contribution in [-0.4, -0.2) is 19.6 Å². The highest BCUT2D eigenvalue weighted by Crippen LogP contribution is 2.56. The van der Waals surface area contributed by atoms with Gasteiger partial charge in [-0.2, -0.15) is 0 Å². The third kappa shape index (κ3) is 1.49. The minimum absolute atomic E-state index is 0.179. The molecule has 4 rings (SSSR count). The van der Waals surface area contributed by atoms with Crippen LogP contribution in [0.3, 0.4) is 0 Å². The van der Waals surface area contributed by atoms with Gasteiger partial charge in [0.05, 0.1) is 11.4 Å². The maximum absolute atomic E-state index is 4.79. The van der Waals surface area contributed by atoms with E-state index in [4.69, 9.17) is 3.15 Å². The summed E-state index contributed by atoms with van der Waals surface area (Å²) in [6.07, 6.45) is 2.39. The van der Waals surface area contributed by atoms with Crippen molar-refractivity contribution >= 4 is 32.7 Å². The Morgan fingerprint density at radius 2 is 2.15 bits per heavy atom. The van der Waals surface area contributed by atoms with Gasteiger partial charge in [0.2, 0.25) is 0 Å². The zero-order valence-electron chi connectivity index (χ0n) is 12.6. The summed E-state index contributed by atoms with van der Waals surface area (Å²) in [6.45, 7) is 8.50. The van der Waals surface area contributed by atoms with Gasteiger partial charge in [-0.3, -0.25) is 0 Å². The molecule has 1 N–H and O–H groups in total. The fraction of sp³-hybridized carbons (Fsp3) is 0.625. The van der Waals surface area contributed by atoms with Gasteiger partial charge in [0.1, 0.15) is 21.3 Å². The van der Waals surface area contributed by atoms with Crippen LogP contribution in [0.15, 0.2) is 15.3 Å². The minimum Gasteiger partial charge on any atom is -0.313 e. The minimum atomic E-state index is -0.179. The van der Waals surface area contributed by atoms with Crippen molar-refractivity contribution in [3.63, 3.8) is 0 Å². The molecule has 1 aromatic carbocycles. The molecule has 0 aromatic heterocycles. The molecule has 0 unspecified atom stereocenters. The predicted molar refractivity (Wildman–Crippen MR) is 92.2 cm³/mol. The largest absolute Gasteiger partial charge is 0.313 e. The fourth-order valence-corrected chi connectivity index (χ4v) is 5.80. The highest BCUT2D eigenvalue weighted by Gasteiger charge is 2.53. The highest BCUT2D eigenvalue weighted by molar-refractivity contribution is 14.2. The van der Waals surface area contributed by atoms with Gasteiger partial charge in [0.25, 0.3) is 0 Å². The van der Waals surface area contributed by atoms with Gasteiger partial charge in [-0.25, -0.2) is 3.15 Å². The lowest BCUT2D eigenvalue weighted by atomic mass is 9.51. The van der Waals surface area contributed by atoms with Crippen molar-refractivity contribution in [1.29, 1.82) is 0 Å². The maximum atomic E-state index is 4.79. The predicted octanol–water partition coefficient (Wildman–Crippen LogP) is 4.04. The number of piperidine rings is 1. The number of benzene rings is 1. The summed E-state index contributed by atoms with van der Waals surface area (Å²) < 4.78 is 7.15. The van der Waals surface area contributed by atoms with E-state index in [0.29, 0.717) is 11.5 Å². The van der Waals surface area contributed by atoms with Gasteiger partial charge >= 0.3 is 0 Å². The van der Waals surface area contributed by atoms with Gasteiger partial charge in [0, 0.05) is 18.5 Å². The van der Waals surface area contributed by atoms with Crippen LogP contribution >= 0.6 is 21.3 Å². The molecule has 2 heterocycles. The quantitative estimate of drug-likeness (QED) is 0.541. The van der Waals surface area contributed by atoms with Crippen LogP contribution in [-0.2, 0) is 11.8 Å². The summed E-state index contributed by atoms with van der Waals surface area (Å²) in [4.78, 5) is 0. The third-order valence-electron chi connectivity index (χ3n) is 6.10. The second-order valence-corrected chi connectivity index (χ2v) is 9.51. The van der Waals surface area contributed by atoms with Gasteiger partial charge in [0.15, 0.2) is 0 Å². The summed E-state index contributed by atoms with van der Waals surface area (Å²) in [5.74, 6) is 0. The first kappa shape index (κ1) is 13.2. The Bertz CT molecular complexity index is 622. The van der Waals surface area contributed by atoms with E-state index in [1.165, 1.54) is 17.8 Å². The second-order valence-electron chi connectivity index (χ2n) is 7.15. The molecule has 2 aliphatic heterocycles. The monoisotopic (exact) mass is 383 g/mol. The molecule has 0 spiro atoms. The molecule has 20 heavy (non-hydrogen) atoms. The van der Waals surface area contributed by atoms with Crippen molar-refractivity contribution in [2.75, 3.05) is 16.7 Å². The number of nitrogens with zero attached hydrogens (tertiary/aromatic N) is 2. The zero-order chi connectivity index (χ0) is 14.1. The topological polar surface area (TPSA) is 27.6 Å². The van der Waals surface area contributed by atoms with E-state index < -0.39 is 0 Å². The molecular weight excluding hydrogens is 361 g/mol. The lowest BCUT2D eigenvalue weighted by Crippen LogP contribution is -2.62. The summed E-state index contributed by atoms with van der Waals surface area (Å²) in [6, 6.07) is 5.44. The van der Waals surface area contributed by atoms with E-state index >= 15 is 0 Å². The average Bonchev–Trinajstić information content (AvgIpc) is 2.74. The molecule has 108 valence electrons. The lowest BCUT2D eigenvalue weighted by molar-refractivity contribution is 0.0560. The first-order valence-corrected chi connectivity index (χ1v) is 9.36. The molecule has 4 heteroatoms. The van der Waals surface area contributed by atoms with E-state index in [-0.39, 0.29) is 26.7 Å². The first-order chi connectivity index (χ1) is 9.43. The van der Waals surface area contributed by atoms with Crippen molar-refractivity contribution in [2.45, 2.75) is 45.1 Å². The Morgan fingerprint density at radius 3 is 2.95 bits per heavy atom. The molecule has 0 amide bonds. The standard InChI is InChI=1S/C16H22IN3/c1-15(2)14-8-10-7-13-12(19-17-20(13)4)9-11(10)16(15,3)5-6-18-14/h7,9,14,18H,5-6,8H2,1-4H3/t14-,16+/m1/s1. The van der Waals surface area contributed by atoms with Crippen molar-refractivity contribution in [1.82, 2.24) is 5.32 Å². The Balaban J connectivity index is 1.95. The number of fused-ring (bicyclic) bond motifs is 5. The first-order valence-electron chi connectivity index (χ1n) is 7.43. The number of nitrogens with one attached hydrogen (secondary N) is 1. The summed E-state index contributed by atoms with van der Waals surface area (Å²) in [5.41, 5.74) is 6.32. The van der Waals surface area contributed by atoms with Crippen molar-refractivity contribution < 1.29 is 0 Å². The van der Waals surface area contributed by atoms with E-state index in [9.17, 15) is 0 Å². The van der Waals surface area contributed by atoms with Gasteiger partial charge < -0.3 is 8.43 Å². The molecule has 1 aromatic rings. The summed E-state index contributed by atoms with van der Waals surface area (Å²) >= 11 is -0.179. The van der Waals surface area contributed by atoms with E-state index in [2.05, 4.69) is 48.4 Å². The van der Waals surface area contributed by atoms with Gasteiger partial charge in [-0.1, -0.05) is 20.8 Å². The molecule has 1 aliphatic carbocycles. The Hall–Kier alpha value is -0.490. The molecular formula is C16H22IN3. The average molecular weight is 383 g/mol. The van der Waals surface area contributed by atoms with Crippen molar-refractivity contribution in [3.8, 4) is 0 Å². The number of hydrogen-bond acceptors (Lipinski definition) is 3. The van der Waals surface area contributed by atoms with Crippen molar-refractivity contribution in [3.05, 3.63) is 23.3 Å². The van der Waals surface area contributed by atoms with Gasteiger partial charge in [-0.05, 0) is 48.1 Å². The lowest BCUT2D eigenvalue weighted by Gasteiger charge is -2.57. The van der Waals surface area contributed by atoms with Crippen LogP contribution in [0.5, 0.6) is 0 Å². The SMILES string of the molecule is CN1I=Nc2cc3c(cc21)C[C@H]1NCC[C@]3(C)C1(C)C. The zero-order valence-corrected chi connectivity index (χ0v) is 14.8. The molecule has 1 fully saturated rings. The van der Waals surface area contributed by atoms with E-state index in [1.54, 1.807) is 11.1 Å². The molecule has 2 bridgehead atoms. The Labute approximate surface area is 131 Å². The molecule has 1 saturated heterocycles. The second kappa shape index (κ2) is 4.03. The normalized spacial score (nSPS) is 33.4. The number of anilines is 1. The van der Waals surface area contributed by atoms with Crippen LogP contribution in [0, 0.1) is 5.41 Å².